The van der Waals surface area contributed by atoms with Crippen LogP contribution in [0.15, 0.2) is 49.1 Å². The second-order valence-electron chi connectivity index (χ2n) is 8.87. The first-order valence-electron chi connectivity index (χ1n) is 12.0. The Morgan fingerprint density at radius 3 is 2.37 bits per heavy atom. The number of hydrogen-bond acceptors (Lipinski definition) is 12. The standard InChI is InChI=1S/C23H31NO14S2.Na/c1-2-17-16(12-15(36-17)9-8-14-6-4-3-5-7-14)22(27)24-10-11-34-23-20(26)21(38-40(31,32)33)19(25)18(37-23)13-35-39(28,29)30;/h2-9,15-21,23,25-26H,1,10-13H2,(H,24,27)(H,28,29,30)(H,31,32,33);/q;+1/b9-8+;/t15?,16?,17?,18-,19+,20-,21+,23-;/m1./s1. The van der Waals surface area contributed by atoms with Crippen LogP contribution in [0.5, 0.6) is 0 Å². The maximum Gasteiger partial charge on any atom is 1.00 e. The predicted octanol–water partition coefficient (Wildman–Crippen LogP) is -3.75. The summed E-state index contributed by atoms with van der Waals surface area (Å²) in [5.41, 5.74) is 0.974. The number of carbonyl (C=O) groups excluding carboxylic acids is 1. The Morgan fingerprint density at radius 2 is 1.76 bits per heavy atom. The van der Waals surface area contributed by atoms with Crippen molar-refractivity contribution in [3.8, 4) is 0 Å². The summed E-state index contributed by atoms with van der Waals surface area (Å²) >= 11 is 0. The van der Waals surface area contributed by atoms with Crippen molar-refractivity contribution in [2.75, 3.05) is 19.8 Å². The van der Waals surface area contributed by atoms with Crippen LogP contribution in [0.2, 0.25) is 0 Å². The molecular weight excluding hydrogens is 601 g/mol. The van der Waals surface area contributed by atoms with Crippen LogP contribution in [0.1, 0.15) is 12.0 Å². The zero-order chi connectivity index (χ0) is 29.5. The second-order valence-corrected chi connectivity index (χ2v) is 11.0. The number of rotatable bonds is 13. The molecule has 5 N–H and O–H groups in total. The molecule has 2 saturated heterocycles. The molecule has 1 aromatic rings. The first-order chi connectivity index (χ1) is 18.8. The minimum atomic E-state index is -5.18. The van der Waals surface area contributed by atoms with Gasteiger partial charge < -0.3 is 29.7 Å². The molecule has 41 heavy (non-hydrogen) atoms. The van der Waals surface area contributed by atoms with Gasteiger partial charge in [-0.05, 0) is 12.0 Å². The van der Waals surface area contributed by atoms with Crippen molar-refractivity contribution in [3.05, 3.63) is 54.6 Å². The van der Waals surface area contributed by atoms with E-state index in [2.05, 4.69) is 20.3 Å². The van der Waals surface area contributed by atoms with Crippen LogP contribution < -0.4 is 34.9 Å². The average molecular weight is 633 g/mol. The molecule has 2 aliphatic heterocycles. The molecule has 0 aromatic heterocycles. The van der Waals surface area contributed by atoms with Crippen molar-refractivity contribution in [3.63, 3.8) is 0 Å². The zero-order valence-corrected chi connectivity index (χ0v) is 25.6. The van der Waals surface area contributed by atoms with Crippen LogP contribution >= 0.6 is 0 Å². The van der Waals surface area contributed by atoms with Gasteiger partial charge >= 0.3 is 50.4 Å². The zero-order valence-electron chi connectivity index (χ0n) is 22.0. The average Bonchev–Trinajstić information content (AvgIpc) is 3.31. The van der Waals surface area contributed by atoms with Crippen molar-refractivity contribution in [1.29, 1.82) is 0 Å². The van der Waals surface area contributed by atoms with E-state index in [4.69, 9.17) is 23.3 Å². The van der Waals surface area contributed by atoms with E-state index in [-0.39, 0.29) is 54.7 Å². The molecule has 15 nitrogen and oxygen atoms in total. The molecule has 3 unspecified atom stereocenters. The number of nitrogens with one attached hydrogen (secondary N) is 1. The molecule has 18 heteroatoms. The van der Waals surface area contributed by atoms with Gasteiger partial charge in [-0.25, -0.2) is 8.37 Å². The summed E-state index contributed by atoms with van der Waals surface area (Å²) in [4.78, 5) is 12.8. The molecular formula is C23H31NNaO14S2+. The third-order valence-corrected chi connectivity index (χ3v) is 6.93. The first kappa shape index (κ1) is 35.9. The number of amides is 1. The van der Waals surface area contributed by atoms with Gasteiger partial charge in [0.2, 0.25) is 5.91 Å². The van der Waals surface area contributed by atoms with E-state index in [1.807, 2.05) is 42.5 Å². The van der Waals surface area contributed by atoms with Gasteiger partial charge in [0.15, 0.2) is 6.29 Å². The molecule has 2 fully saturated rings. The van der Waals surface area contributed by atoms with E-state index in [0.29, 0.717) is 6.42 Å². The molecule has 2 aliphatic rings. The minimum Gasteiger partial charge on any atom is -0.387 e. The summed E-state index contributed by atoms with van der Waals surface area (Å²) < 4.78 is 86.7. The van der Waals surface area contributed by atoms with Gasteiger partial charge in [-0.15, -0.1) is 6.58 Å². The summed E-state index contributed by atoms with van der Waals surface area (Å²) in [7, 11) is -10.1. The number of benzene rings is 1. The monoisotopic (exact) mass is 632 g/mol. The molecule has 1 aromatic carbocycles. The smallest absolute Gasteiger partial charge is 0.387 e. The number of ether oxygens (including phenoxy) is 3. The number of aliphatic hydroxyl groups excluding tert-OH is 2. The summed E-state index contributed by atoms with van der Waals surface area (Å²) in [6.45, 7) is 2.30. The summed E-state index contributed by atoms with van der Waals surface area (Å²) in [6.07, 6.45) is -4.68. The molecule has 1 amide bonds. The first-order valence-corrected chi connectivity index (χ1v) is 14.7. The van der Waals surface area contributed by atoms with Gasteiger partial charge in [0.25, 0.3) is 0 Å². The normalized spacial score (nSPS) is 30.5. The van der Waals surface area contributed by atoms with E-state index in [1.54, 1.807) is 0 Å². The largest absolute Gasteiger partial charge is 1.00 e. The van der Waals surface area contributed by atoms with Gasteiger partial charge in [0, 0.05) is 6.54 Å². The topological polar surface area (TPSA) is 224 Å². The molecule has 0 bridgehead atoms. The third kappa shape index (κ3) is 11.4. The fraction of sp³-hybridized carbons (Fsp3) is 0.522. The minimum absolute atomic E-state index is 0. The predicted molar refractivity (Wildman–Crippen MR) is 136 cm³/mol. The van der Waals surface area contributed by atoms with Gasteiger partial charge in [-0.2, -0.15) is 16.8 Å². The Bertz CT molecular complexity index is 1250. The Labute approximate surface area is 259 Å². The Hall–Kier alpha value is -1.29. The fourth-order valence-electron chi connectivity index (χ4n) is 4.18. The Morgan fingerprint density at radius 1 is 1.07 bits per heavy atom. The molecule has 8 atom stereocenters. The van der Waals surface area contributed by atoms with Crippen molar-refractivity contribution in [2.24, 2.45) is 5.92 Å². The van der Waals surface area contributed by atoms with E-state index in [9.17, 15) is 31.8 Å². The van der Waals surface area contributed by atoms with E-state index in [0.717, 1.165) is 5.56 Å². The molecule has 0 spiro atoms. The molecule has 2 heterocycles. The van der Waals surface area contributed by atoms with E-state index in [1.165, 1.54) is 6.08 Å². The maximum absolute atomic E-state index is 12.8. The quantitative estimate of drug-likeness (QED) is 0.0610. The van der Waals surface area contributed by atoms with E-state index < -0.39 is 70.1 Å². The SMILES string of the molecule is C=CC1OC(/C=C/c2ccccc2)CC1C(=O)NCCO[C@@H]1O[C@H](COS(=O)(=O)O)[C@H](O)[C@H](OS(=O)(=O)O)[C@H]1O.[Na+]. The summed E-state index contributed by atoms with van der Waals surface area (Å²) in [5.74, 6) is -0.916. The van der Waals surface area contributed by atoms with Crippen LogP contribution in [0.3, 0.4) is 0 Å². The maximum atomic E-state index is 12.8. The Balaban J connectivity index is 0.00000588. The van der Waals surface area contributed by atoms with Crippen LogP contribution in [-0.2, 0) is 48.2 Å². The van der Waals surface area contributed by atoms with Gasteiger partial charge in [-0.3, -0.25) is 13.9 Å². The molecule has 224 valence electrons. The molecule has 0 radical (unpaired) electrons. The van der Waals surface area contributed by atoms with Crippen LogP contribution in [-0.4, -0.2) is 105 Å². The number of carbonyl (C=O) groups is 1. The third-order valence-electron chi connectivity index (χ3n) is 6.03. The number of aliphatic hydroxyl groups is 2. The van der Waals surface area contributed by atoms with E-state index >= 15 is 0 Å². The van der Waals surface area contributed by atoms with Crippen LogP contribution in [0.4, 0.5) is 0 Å². The van der Waals surface area contributed by atoms with Crippen LogP contribution in [0, 0.1) is 5.92 Å². The van der Waals surface area contributed by atoms with Crippen LogP contribution in [0.25, 0.3) is 6.08 Å². The van der Waals surface area contributed by atoms with Gasteiger partial charge in [0.05, 0.1) is 31.3 Å². The van der Waals surface area contributed by atoms with Crippen molar-refractivity contribution < 1.29 is 93.1 Å². The Kier molecular flexibility index (Phi) is 14.0. The van der Waals surface area contributed by atoms with Gasteiger partial charge in [-0.1, -0.05) is 48.6 Å². The molecule has 0 saturated carbocycles. The van der Waals surface area contributed by atoms with Crippen molar-refractivity contribution >= 4 is 32.8 Å². The van der Waals surface area contributed by atoms with Crippen molar-refractivity contribution in [1.82, 2.24) is 5.32 Å². The van der Waals surface area contributed by atoms with Crippen molar-refractivity contribution in [2.45, 2.75) is 49.3 Å². The fourth-order valence-corrected chi connectivity index (χ4v) is 5.00. The molecule has 0 aliphatic carbocycles. The number of hydrogen-bond donors (Lipinski definition) is 5. The van der Waals surface area contributed by atoms with Gasteiger partial charge in [0.1, 0.15) is 24.4 Å². The molecule has 3 rings (SSSR count). The second kappa shape index (κ2) is 16.0. The summed E-state index contributed by atoms with van der Waals surface area (Å²) in [6, 6.07) is 9.54. The summed E-state index contributed by atoms with van der Waals surface area (Å²) in [5, 5.41) is 23.3.